The monoisotopic (exact) mass is 323 g/mol. The summed E-state index contributed by atoms with van der Waals surface area (Å²) in [6.07, 6.45) is 2.85. The Morgan fingerprint density at radius 1 is 1.04 bits per heavy atom. The molecule has 1 aromatic carbocycles. The average molecular weight is 323 g/mol. The van der Waals surface area contributed by atoms with Gasteiger partial charge in [-0.1, -0.05) is 25.3 Å². The Bertz CT molecular complexity index is 822. The number of hydrazine groups is 1. The summed E-state index contributed by atoms with van der Waals surface area (Å²) in [6, 6.07) is 6.50. The first-order valence-electron chi connectivity index (χ1n) is 6.84. The van der Waals surface area contributed by atoms with Crippen molar-refractivity contribution in [3.05, 3.63) is 61.0 Å². The van der Waals surface area contributed by atoms with Crippen molar-refractivity contribution in [3.8, 4) is 0 Å². The molecule has 3 N–H and O–H groups in total. The minimum atomic E-state index is -0.500. The number of nitrogens with two attached hydrogens (primary N) is 1. The number of nitrogens with zero attached hydrogens (tertiary/aromatic N) is 5. The molecule has 1 aliphatic heterocycles. The van der Waals surface area contributed by atoms with Crippen LogP contribution in [0, 0.1) is 0 Å². The standard InChI is InChI=1S/C15H13N7O2/c1-3-21(4-2)15-18-13(16)17-14(19-15)20-22-11(23)9-7-5-6-8-10(9)12(22)24/h3-8H,1-2H2,(H3,16,17,18,19,20). The van der Waals surface area contributed by atoms with E-state index in [4.69, 9.17) is 5.73 Å². The molecule has 1 aromatic heterocycles. The summed E-state index contributed by atoms with van der Waals surface area (Å²) in [5.41, 5.74) is 8.82. The van der Waals surface area contributed by atoms with Gasteiger partial charge >= 0.3 is 0 Å². The quantitative estimate of drug-likeness (QED) is 0.787. The molecule has 0 saturated heterocycles. The molecule has 2 amide bonds. The maximum absolute atomic E-state index is 12.3. The molecule has 0 radical (unpaired) electrons. The zero-order valence-corrected chi connectivity index (χ0v) is 12.5. The SMILES string of the molecule is C=CN(C=C)c1nc(N)nc(NN2C(=O)c3ccccc3C2=O)n1. The van der Waals surface area contributed by atoms with Crippen LogP contribution >= 0.6 is 0 Å². The van der Waals surface area contributed by atoms with Gasteiger partial charge in [-0.2, -0.15) is 20.0 Å². The van der Waals surface area contributed by atoms with Crippen molar-refractivity contribution >= 4 is 29.7 Å². The molecular weight excluding hydrogens is 310 g/mol. The molecule has 2 aromatic rings. The summed E-state index contributed by atoms with van der Waals surface area (Å²) < 4.78 is 0. The Morgan fingerprint density at radius 3 is 2.17 bits per heavy atom. The van der Waals surface area contributed by atoms with Gasteiger partial charge in [0.15, 0.2) is 0 Å². The summed E-state index contributed by atoms with van der Waals surface area (Å²) in [7, 11) is 0. The maximum atomic E-state index is 12.3. The minimum absolute atomic E-state index is 0.0549. The highest BCUT2D eigenvalue weighted by Crippen LogP contribution is 2.23. The van der Waals surface area contributed by atoms with Crippen LogP contribution in [-0.4, -0.2) is 31.8 Å². The first kappa shape index (κ1) is 15.2. The third kappa shape index (κ3) is 2.43. The number of hydrogen-bond acceptors (Lipinski definition) is 8. The molecule has 0 saturated carbocycles. The fourth-order valence-corrected chi connectivity index (χ4v) is 2.17. The number of carbonyl (C=O) groups is 2. The number of nitrogen functional groups attached to an aromatic ring is 1. The molecule has 0 bridgehead atoms. The van der Waals surface area contributed by atoms with Crippen molar-refractivity contribution in [2.24, 2.45) is 0 Å². The normalized spacial score (nSPS) is 12.8. The van der Waals surface area contributed by atoms with Crippen molar-refractivity contribution in [3.63, 3.8) is 0 Å². The molecule has 3 rings (SSSR count). The molecule has 0 atom stereocenters. The Labute approximate surface area is 137 Å². The maximum Gasteiger partial charge on any atom is 0.280 e. The molecule has 24 heavy (non-hydrogen) atoms. The van der Waals surface area contributed by atoms with E-state index in [1.54, 1.807) is 24.3 Å². The van der Waals surface area contributed by atoms with Crippen molar-refractivity contribution < 1.29 is 9.59 Å². The highest BCUT2D eigenvalue weighted by molar-refractivity contribution is 6.21. The number of amides is 2. The van der Waals surface area contributed by atoms with E-state index in [0.29, 0.717) is 11.1 Å². The van der Waals surface area contributed by atoms with Crippen LogP contribution in [-0.2, 0) is 0 Å². The van der Waals surface area contributed by atoms with E-state index in [1.165, 1.54) is 17.3 Å². The highest BCUT2D eigenvalue weighted by Gasteiger charge is 2.36. The van der Waals surface area contributed by atoms with Gasteiger partial charge in [-0.15, -0.1) is 0 Å². The summed E-state index contributed by atoms with van der Waals surface area (Å²) in [4.78, 5) is 38.0. The summed E-state index contributed by atoms with van der Waals surface area (Å²) in [5, 5.41) is 0.829. The van der Waals surface area contributed by atoms with Gasteiger partial charge in [0.2, 0.25) is 17.8 Å². The zero-order chi connectivity index (χ0) is 17.3. The lowest BCUT2D eigenvalue weighted by atomic mass is 10.1. The second kappa shape index (κ2) is 5.80. The number of carbonyl (C=O) groups excluding carboxylic acids is 2. The number of rotatable bonds is 5. The lowest BCUT2D eigenvalue weighted by molar-refractivity contribution is 0.0690. The van der Waals surface area contributed by atoms with Crippen molar-refractivity contribution in [1.29, 1.82) is 0 Å². The van der Waals surface area contributed by atoms with Crippen molar-refractivity contribution in [2.75, 3.05) is 16.1 Å². The summed E-state index contributed by atoms with van der Waals surface area (Å²) in [5.74, 6) is -0.999. The number of hydrogen-bond donors (Lipinski definition) is 2. The van der Waals surface area contributed by atoms with E-state index in [-0.39, 0.29) is 17.8 Å². The Kier molecular flexibility index (Phi) is 3.66. The summed E-state index contributed by atoms with van der Waals surface area (Å²) in [6.45, 7) is 7.19. The second-order valence-corrected chi connectivity index (χ2v) is 4.69. The van der Waals surface area contributed by atoms with E-state index >= 15 is 0 Å². The smallest absolute Gasteiger partial charge is 0.280 e. The van der Waals surface area contributed by atoms with E-state index in [0.717, 1.165) is 5.01 Å². The highest BCUT2D eigenvalue weighted by atomic mass is 16.2. The predicted octanol–water partition coefficient (Wildman–Crippen LogP) is 1.17. The number of aromatic nitrogens is 3. The fraction of sp³-hybridized carbons (Fsp3) is 0. The van der Waals surface area contributed by atoms with Gasteiger partial charge in [0.1, 0.15) is 0 Å². The van der Waals surface area contributed by atoms with Gasteiger partial charge in [-0.25, -0.2) is 0 Å². The molecule has 0 aliphatic carbocycles. The molecule has 0 spiro atoms. The van der Waals surface area contributed by atoms with Crippen LogP contribution in [0.3, 0.4) is 0 Å². The molecular formula is C15H13N7O2. The fourth-order valence-electron chi connectivity index (χ4n) is 2.17. The Morgan fingerprint density at radius 2 is 1.62 bits per heavy atom. The van der Waals surface area contributed by atoms with Crippen LogP contribution in [0.2, 0.25) is 0 Å². The Balaban J connectivity index is 1.93. The minimum Gasteiger partial charge on any atom is -0.368 e. The largest absolute Gasteiger partial charge is 0.368 e. The number of benzene rings is 1. The van der Waals surface area contributed by atoms with Crippen LogP contribution in [0.5, 0.6) is 0 Å². The van der Waals surface area contributed by atoms with Gasteiger partial charge in [0.05, 0.1) is 11.1 Å². The average Bonchev–Trinajstić information content (AvgIpc) is 2.81. The van der Waals surface area contributed by atoms with Gasteiger partial charge in [-0.3, -0.25) is 19.9 Å². The van der Waals surface area contributed by atoms with E-state index in [9.17, 15) is 9.59 Å². The molecule has 120 valence electrons. The number of nitrogens with one attached hydrogen (secondary N) is 1. The topological polar surface area (TPSA) is 117 Å². The molecule has 2 heterocycles. The van der Waals surface area contributed by atoms with Gasteiger partial charge < -0.3 is 5.73 Å². The third-order valence-electron chi connectivity index (χ3n) is 3.27. The summed E-state index contributed by atoms with van der Waals surface area (Å²) >= 11 is 0. The number of fused-ring (bicyclic) bond motifs is 1. The molecule has 1 aliphatic rings. The van der Waals surface area contributed by atoms with Crippen LogP contribution in [0.25, 0.3) is 0 Å². The van der Waals surface area contributed by atoms with Gasteiger partial charge in [0.25, 0.3) is 11.8 Å². The lowest BCUT2D eigenvalue weighted by Gasteiger charge is -2.17. The number of imide groups is 1. The van der Waals surface area contributed by atoms with Crippen LogP contribution in [0.4, 0.5) is 17.8 Å². The lowest BCUT2D eigenvalue weighted by Crippen LogP contribution is -2.36. The predicted molar refractivity (Wildman–Crippen MR) is 87.7 cm³/mol. The third-order valence-corrected chi connectivity index (χ3v) is 3.27. The van der Waals surface area contributed by atoms with Crippen molar-refractivity contribution in [1.82, 2.24) is 20.0 Å². The van der Waals surface area contributed by atoms with Crippen LogP contribution < -0.4 is 16.1 Å². The number of anilines is 3. The molecule has 9 nitrogen and oxygen atoms in total. The van der Waals surface area contributed by atoms with Gasteiger partial charge in [-0.05, 0) is 12.1 Å². The van der Waals surface area contributed by atoms with Crippen LogP contribution in [0.15, 0.2) is 49.8 Å². The van der Waals surface area contributed by atoms with Crippen LogP contribution in [0.1, 0.15) is 20.7 Å². The van der Waals surface area contributed by atoms with Crippen molar-refractivity contribution in [2.45, 2.75) is 0 Å². The van der Waals surface area contributed by atoms with Gasteiger partial charge in [0, 0.05) is 12.4 Å². The Hall–Kier alpha value is -3.75. The molecule has 9 heteroatoms. The first-order chi connectivity index (χ1) is 11.5. The molecule has 0 fully saturated rings. The van der Waals surface area contributed by atoms with E-state index in [1.807, 2.05) is 0 Å². The first-order valence-corrected chi connectivity index (χ1v) is 6.84. The van der Waals surface area contributed by atoms with E-state index < -0.39 is 11.8 Å². The van der Waals surface area contributed by atoms with E-state index in [2.05, 4.69) is 33.5 Å². The molecule has 0 unspecified atom stereocenters. The second-order valence-electron chi connectivity index (χ2n) is 4.69. The zero-order valence-electron chi connectivity index (χ0n) is 12.5.